The lowest BCUT2D eigenvalue weighted by molar-refractivity contribution is 0.650. The highest BCUT2D eigenvalue weighted by atomic mass is 16.3. The van der Waals surface area contributed by atoms with E-state index in [1.807, 2.05) is 0 Å². The summed E-state index contributed by atoms with van der Waals surface area (Å²) in [5.74, 6) is 0. The van der Waals surface area contributed by atoms with Gasteiger partial charge in [0.15, 0.2) is 0 Å². The predicted molar refractivity (Wildman–Crippen MR) is 273 cm³/mol. The van der Waals surface area contributed by atoms with Crippen molar-refractivity contribution < 1.29 is 4.42 Å². The zero-order valence-electron chi connectivity index (χ0n) is 36.4. The van der Waals surface area contributed by atoms with Crippen LogP contribution in [0.5, 0.6) is 0 Å². The van der Waals surface area contributed by atoms with E-state index in [0.29, 0.717) is 0 Å². The first-order chi connectivity index (χ1) is 32.0. The van der Waals surface area contributed by atoms with Gasteiger partial charge in [0.1, 0.15) is 11.2 Å². The van der Waals surface area contributed by atoms with Crippen molar-refractivity contribution in [2.24, 2.45) is 0 Å². The maximum atomic E-state index is 7.55. The summed E-state index contributed by atoms with van der Waals surface area (Å²) in [5, 5.41) is 2.17. The summed E-state index contributed by atoms with van der Waals surface area (Å²) in [6.45, 7) is 4.74. The Balaban J connectivity index is 1.16. The smallest absolute Gasteiger partial charge is 0.145 e. The molecule has 1 aromatic heterocycles. The molecule has 10 aromatic carbocycles. The van der Waals surface area contributed by atoms with Gasteiger partial charge in [-0.15, -0.1) is 0 Å². The predicted octanol–water partition coefficient (Wildman–Crippen LogP) is 17.7. The first-order valence-corrected chi connectivity index (χ1v) is 22.5. The van der Waals surface area contributed by atoms with Gasteiger partial charge in [-0.2, -0.15) is 0 Å². The molecule has 0 saturated carbocycles. The quantitative estimate of drug-likeness (QED) is 0.152. The van der Waals surface area contributed by atoms with Gasteiger partial charge in [-0.1, -0.05) is 208 Å². The SMILES string of the molecule is CC1(C)c2ccccc2-c2cc3c(oc4c(-c5ccccc5)ccc(N(c5ccc(-c6ccccc6)cc5)c5ccc(-c6ccccc6)cc5)c43)c(-c3ccc(-c4ccccc4)cc3)c21. The van der Waals surface area contributed by atoms with Crippen molar-refractivity contribution in [3.05, 3.63) is 248 Å². The van der Waals surface area contributed by atoms with Crippen LogP contribution in [-0.2, 0) is 5.41 Å². The zero-order valence-corrected chi connectivity index (χ0v) is 36.4. The second kappa shape index (κ2) is 15.6. The summed E-state index contributed by atoms with van der Waals surface area (Å²) in [6, 6.07) is 85.5. The van der Waals surface area contributed by atoms with Crippen LogP contribution in [0.1, 0.15) is 25.0 Å². The normalized spacial score (nSPS) is 12.6. The van der Waals surface area contributed by atoms with E-state index in [1.54, 1.807) is 0 Å². The summed E-state index contributed by atoms with van der Waals surface area (Å²) >= 11 is 0. The third-order valence-electron chi connectivity index (χ3n) is 13.5. The van der Waals surface area contributed by atoms with Gasteiger partial charge >= 0.3 is 0 Å². The van der Waals surface area contributed by atoms with E-state index in [9.17, 15) is 0 Å². The van der Waals surface area contributed by atoms with Crippen LogP contribution in [0.4, 0.5) is 17.1 Å². The topological polar surface area (TPSA) is 16.4 Å². The van der Waals surface area contributed by atoms with Crippen LogP contribution < -0.4 is 4.90 Å². The Morgan fingerprint density at radius 2 is 0.785 bits per heavy atom. The van der Waals surface area contributed by atoms with Crippen molar-refractivity contribution in [2.45, 2.75) is 19.3 Å². The van der Waals surface area contributed by atoms with Gasteiger partial charge in [0.25, 0.3) is 0 Å². The molecule has 1 aliphatic carbocycles. The number of benzene rings is 10. The van der Waals surface area contributed by atoms with Gasteiger partial charge in [0.2, 0.25) is 0 Å². The number of anilines is 3. The van der Waals surface area contributed by atoms with Gasteiger partial charge in [-0.25, -0.2) is 0 Å². The lowest BCUT2D eigenvalue weighted by Gasteiger charge is -2.27. The first kappa shape index (κ1) is 38.5. The average molecular weight is 832 g/mol. The Morgan fingerprint density at radius 3 is 1.31 bits per heavy atom. The number of rotatable bonds is 8. The number of hydrogen-bond acceptors (Lipinski definition) is 2. The molecule has 0 aliphatic heterocycles. The van der Waals surface area contributed by atoms with Gasteiger partial charge in [0.05, 0.1) is 11.1 Å². The lowest BCUT2D eigenvalue weighted by atomic mass is 9.78. The van der Waals surface area contributed by atoms with Crippen LogP contribution in [0.3, 0.4) is 0 Å². The van der Waals surface area contributed by atoms with Crippen molar-refractivity contribution in [2.75, 3.05) is 4.90 Å². The molecule has 0 spiro atoms. The number of nitrogens with zero attached hydrogens (tertiary/aromatic N) is 1. The fraction of sp³-hybridized carbons (Fsp3) is 0.0476. The molecule has 0 bridgehead atoms. The molecule has 12 rings (SSSR count). The van der Waals surface area contributed by atoms with E-state index in [1.165, 1.54) is 55.6 Å². The third-order valence-corrected chi connectivity index (χ3v) is 13.5. The Kier molecular flexibility index (Phi) is 9.21. The Labute approximate surface area is 380 Å². The number of fused-ring (bicyclic) bond motifs is 6. The van der Waals surface area contributed by atoms with Crippen LogP contribution in [0.25, 0.3) is 88.7 Å². The second-order valence-electron chi connectivity index (χ2n) is 17.6. The van der Waals surface area contributed by atoms with Crippen molar-refractivity contribution in [3.8, 4) is 66.8 Å². The fourth-order valence-corrected chi connectivity index (χ4v) is 10.3. The van der Waals surface area contributed by atoms with Crippen LogP contribution in [-0.4, -0.2) is 0 Å². The molecule has 0 fully saturated rings. The molecule has 0 N–H and O–H groups in total. The van der Waals surface area contributed by atoms with Crippen molar-refractivity contribution >= 4 is 39.0 Å². The molecule has 0 amide bonds. The fourth-order valence-electron chi connectivity index (χ4n) is 10.3. The molecule has 2 nitrogen and oxygen atoms in total. The van der Waals surface area contributed by atoms with Gasteiger partial charge < -0.3 is 9.32 Å². The lowest BCUT2D eigenvalue weighted by Crippen LogP contribution is -2.16. The highest BCUT2D eigenvalue weighted by Crippen LogP contribution is 2.57. The van der Waals surface area contributed by atoms with Crippen molar-refractivity contribution in [3.63, 3.8) is 0 Å². The maximum Gasteiger partial charge on any atom is 0.145 e. The summed E-state index contributed by atoms with van der Waals surface area (Å²) in [6.07, 6.45) is 0. The summed E-state index contributed by atoms with van der Waals surface area (Å²) in [4.78, 5) is 2.41. The Bertz CT molecular complexity index is 3420. The number of hydrogen-bond donors (Lipinski definition) is 0. The Hall–Kier alpha value is -8.20. The van der Waals surface area contributed by atoms with Crippen molar-refractivity contribution in [1.82, 2.24) is 0 Å². The first-order valence-electron chi connectivity index (χ1n) is 22.5. The maximum absolute atomic E-state index is 7.55. The molecule has 65 heavy (non-hydrogen) atoms. The summed E-state index contributed by atoms with van der Waals surface area (Å²) in [5.41, 5.74) is 21.4. The van der Waals surface area contributed by atoms with E-state index in [4.69, 9.17) is 4.42 Å². The minimum atomic E-state index is -0.273. The zero-order chi connectivity index (χ0) is 43.5. The van der Waals surface area contributed by atoms with Crippen LogP contribution >= 0.6 is 0 Å². The van der Waals surface area contributed by atoms with Crippen LogP contribution in [0.2, 0.25) is 0 Å². The molecule has 0 unspecified atom stereocenters. The average Bonchev–Trinajstić information content (AvgIpc) is 3.87. The molecular formula is C63H45NO. The monoisotopic (exact) mass is 831 g/mol. The van der Waals surface area contributed by atoms with Crippen LogP contribution in [0.15, 0.2) is 241 Å². The Morgan fingerprint density at radius 1 is 0.354 bits per heavy atom. The molecule has 308 valence electrons. The molecule has 1 aliphatic rings. The van der Waals surface area contributed by atoms with Gasteiger partial charge in [-0.3, -0.25) is 0 Å². The highest BCUT2D eigenvalue weighted by Gasteiger charge is 2.40. The molecular weight excluding hydrogens is 787 g/mol. The van der Waals surface area contributed by atoms with Gasteiger partial charge in [0, 0.05) is 33.3 Å². The van der Waals surface area contributed by atoms with Crippen LogP contribution in [0, 0.1) is 0 Å². The third kappa shape index (κ3) is 6.49. The van der Waals surface area contributed by atoms with E-state index in [2.05, 4.69) is 255 Å². The molecule has 11 aromatic rings. The molecule has 0 radical (unpaired) electrons. The van der Waals surface area contributed by atoms with E-state index >= 15 is 0 Å². The summed E-state index contributed by atoms with van der Waals surface area (Å²) < 4.78 is 7.55. The molecule has 1 heterocycles. The highest BCUT2D eigenvalue weighted by molar-refractivity contribution is 6.21. The summed E-state index contributed by atoms with van der Waals surface area (Å²) in [7, 11) is 0. The van der Waals surface area contributed by atoms with E-state index in [0.717, 1.165) is 61.3 Å². The number of furan rings is 1. The largest absolute Gasteiger partial charge is 0.455 e. The van der Waals surface area contributed by atoms with E-state index < -0.39 is 0 Å². The molecule has 0 saturated heterocycles. The minimum Gasteiger partial charge on any atom is -0.455 e. The minimum absolute atomic E-state index is 0.273. The second-order valence-corrected chi connectivity index (χ2v) is 17.6. The van der Waals surface area contributed by atoms with Gasteiger partial charge in [-0.05, 0) is 109 Å². The van der Waals surface area contributed by atoms with E-state index in [-0.39, 0.29) is 5.41 Å². The van der Waals surface area contributed by atoms with Crippen molar-refractivity contribution in [1.29, 1.82) is 0 Å². The standard InChI is InChI=1S/C63H45NO/c1-63(2)56-26-16-15-25-53(56)54-41-55-59-57(64(50-35-31-46(32-36-50)43-19-9-4-10-20-43)51-37-33-47(34-38-51)44-21-11-5-12-22-44)40-39-52(48-23-13-6-14-24-48)61(59)65-62(55)58(60(54)63)49-29-27-45(28-30-49)42-17-7-3-8-18-42/h3-41H,1-2H3. The molecule has 0 atom stereocenters. The molecule has 2 heteroatoms.